The molecule has 2 rings (SSSR count). The van der Waals surface area contributed by atoms with E-state index in [0.717, 1.165) is 0 Å². The molecule has 2 aromatic rings. The largest absolute Gasteiger partial charge is 0.513 e. The highest BCUT2D eigenvalue weighted by Gasteiger charge is 2.09. The lowest BCUT2D eigenvalue weighted by Gasteiger charge is -2.07. The Kier molecular flexibility index (Phi) is 11.2. The second-order valence-corrected chi connectivity index (χ2v) is 5.22. The average Bonchev–Trinajstić information content (AvgIpc) is 2.77. The molecule has 0 heterocycles. The van der Waals surface area contributed by atoms with Crippen LogP contribution in [-0.2, 0) is 19.2 Å². The first kappa shape index (κ1) is 24.9. The molecule has 0 amide bonds. The average molecular weight is 438 g/mol. The number of nitro benzene ring substituents is 2. The molecule has 13 heteroatoms. The summed E-state index contributed by atoms with van der Waals surface area (Å²) in [6, 6.07) is 10.3. The zero-order valence-electron chi connectivity index (χ0n) is 16.0. The maximum atomic E-state index is 11.5. The van der Waals surface area contributed by atoms with Crippen LogP contribution in [0.2, 0.25) is 0 Å². The van der Waals surface area contributed by atoms with E-state index in [2.05, 4.69) is 0 Å². The van der Waals surface area contributed by atoms with Crippen molar-refractivity contribution in [2.45, 2.75) is 0 Å². The number of ether oxygens (including phenoxy) is 3. The van der Waals surface area contributed by atoms with Crippen molar-refractivity contribution in [3.05, 3.63) is 68.8 Å². The van der Waals surface area contributed by atoms with E-state index in [9.17, 15) is 25.0 Å². The van der Waals surface area contributed by atoms with Crippen LogP contribution in [0.5, 0.6) is 11.5 Å². The Labute approximate surface area is 175 Å². The van der Waals surface area contributed by atoms with Gasteiger partial charge in [-0.1, -0.05) is 0 Å². The van der Waals surface area contributed by atoms with Gasteiger partial charge < -0.3 is 23.9 Å². The molecule has 0 radical (unpaired) electrons. The van der Waals surface area contributed by atoms with Gasteiger partial charge >= 0.3 is 6.16 Å². The van der Waals surface area contributed by atoms with Gasteiger partial charge in [-0.3, -0.25) is 20.2 Å². The van der Waals surface area contributed by atoms with E-state index in [1.807, 2.05) is 6.79 Å². The van der Waals surface area contributed by atoms with Crippen LogP contribution in [0.15, 0.2) is 48.5 Å². The van der Waals surface area contributed by atoms with Crippen LogP contribution in [0.4, 0.5) is 16.2 Å². The van der Waals surface area contributed by atoms with Crippen LogP contribution in [-0.4, -0.2) is 49.2 Å². The molecule has 0 atom stereocenters. The zero-order chi connectivity index (χ0) is 23.1. The number of benzene rings is 2. The van der Waals surface area contributed by atoms with Crippen LogP contribution in [0.1, 0.15) is 0 Å². The van der Waals surface area contributed by atoms with E-state index in [4.69, 9.17) is 28.8 Å². The van der Waals surface area contributed by atoms with E-state index >= 15 is 0 Å². The molecule has 0 N–H and O–H groups in total. The summed E-state index contributed by atoms with van der Waals surface area (Å²) in [7, 11) is 0. The number of nitro groups is 2. The summed E-state index contributed by atoms with van der Waals surface area (Å²) in [5.74, 6) is 0.409. The molecule has 0 aliphatic heterocycles. The predicted molar refractivity (Wildman–Crippen MR) is 103 cm³/mol. The van der Waals surface area contributed by atoms with E-state index in [1.165, 1.54) is 48.5 Å². The van der Waals surface area contributed by atoms with Crippen molar-refractivity contribution < 1.29 is 43.4 Å². The lowest BCUT2D eigenvalue weighted by molar-refractivity contribution is -0.385. The van der Waals surface area contributed by atoms with Gasteiger partial charge in [0, 0.05) is 24.3 Å². The van der Waals surface area contributed by atoms with Crippen molar-refractivity contribution in [2.75, 3.05) is 26.4 Å². The summed E-state index contributed by atoms with van der Waals surface area (Å²) < 4.78 is 14.8. The van der Waals surface area contributed by atoms with Gasteiger partial charge in [-0.05, 0) is 24.3 Å². The Morgan fingerprint density at radius 2 is 1.26 bits per heavy atom. The SMILES string of the molecule is C=O.O=C(OCCOCCOOc1ccc([N+](=O)[O-])cc1)Oc1ccc([N+](=O)[O-])cc1. The van der Waals surface area contributed by atoms with Crippen LogP contribution >= 0.6 is 0 Å². The molecule has 2 aromatic carbocycles. The number of carbonyl (C=O) groups excluding carboxylic acids is 2. The first-order valence-corrected chi connectivity index (χ1v) is 8.45. The lowest BCUT2D eigenvalue weighted by atomic mass is 10.3. The third-order valence-corrected chi connectivity index (χ3v) is 3.21. The predicted octanol–water partition coefficient (Wildman–Crippen LogP) is 2.86. The van der Waals surface area contributed by atoms with Gasteiger partial charge in [-0.15, -0.1) is 0 Å². The van der Waals surface area contributed by atoms with Crippen molar-refractivity contribution in [2.24, 2.45) is 0 Å². The standard InChI is InChI=1S/C17H16N2O10.CH2O/c20-17(28-15-5-1-13(2-6-15)18(21)22)26-11-9-25-10-12-27-29-16-7-3-14(4-8-16)19(23)24;1-2/h1-8H,9-12H2;1H2. The molecule has 0 saturated carbocycles. The van der Waals surface area contributed by atoms with E-state index in [1.54, 1.807) is 0 Å². The Morgan fingerprint density at radius 1 is 0.774 bits per heavy atom. The monoisotopic (exact) mass is 438 g/mol. The molecule has 0 spiro atoms. The number of hydrogen-bond donors (Lipinski definition) is 0. The van der Waals surface area contributed by atoms with Crippen LogP contribution < -0.4 is 9.62 Å². The molecule has 166 valence electrons. The van der Waals surface area contributed by atoms with Crippen molar-refractivity contribution >= 4 is 24.3 Å². The first-order chi connectivity index (χ1) is 15.0. The van der Waals surface area contributed by atoms with E-state index in [0.29, 0.717) is 5.75 Å². The van der Waals surface area contributed by atoms with Gasteiger partial charge in [-0.2, -0.15) is 4.89 Å². The van der Waals surface area contributed by atoms with Crippen LogP contribution in [0.25, 0.3) is 0 Å². The molecule has 0 saturated heterocycles. The fourth-order valence-corrected chi connectivity index (χ4v) is 1.87. The molecule has 0 unspecified atom stereocenters. The zero-order valence-corrected chi connectivity index (χ0v) is 16.0. The molecule has 0 aromatic heterocycles. The molecule has 0 aliphatic rings. The normalized spacial score (nSPS) is 9.68. The highest BCUT2D eigenvalue weighted by molar-refractivity contribution is 5.63. The van der Waals surface area contributed by atoms with Gasteiger partial charge in [0.2, 0.25) is 0 Å². The first-order valence-electron chi connectivity index (χ1n) is 8.45. The van der Waals surface area contributed by atoms with E-state index < -0.39 is 16.0 Å². The van der Waals surface area contributed by atoms with Gasteiger partial charge in [0.05, 0.1) is 23.1 Å². The van der Waals surface area contributed by atoms with Crippen LogP contribution in [0, 0.1) is 20.2 Å². The second-order valence-electron chi connectivity index (χ2n) is 5.22. The summed E-state index contributed by atoms with van der Waals surface area (Å²) >= 11 is 0. The summed E-state index contributed by atoms with van der Waals surface area (Å²) in [4.78, 5) is 49.2. The van der Waals surface area contributed by atoms with Crippen molar-refractivity contribution in [1.82, 2.24) is 0 Å². The quantitative estimate of drug-likeness (QED) is 0.126. The Hall–Kier alpha value is -4.10. The van der Waals surface area contributed by atoms with Crippen molar-refractivity contribution in [3.8, 4) is 11.5 Å². The summed E-state index contributed by atoms with van der Waals surface area (Å²) in [6.07, 6.45) is -0.972. The summed E-state index contributed by atoms with van der Waals surface area (Å²) in [6.45, 7) is 2.23. The molecular formula is C18H18N2O11. The fourth-order valence-electron chi connectivity index (χ4n) is 1.87. The highest BCUT2D eigenvalue weighted by atomic mass is 17.2. The summed E-state index contributed by atoms with van der Waals surface area (Å²) in [5.41, 5.74) is -0.188. The minimum Gasteiger partial charge on any atom is -0.432 e. The maximum absolute atomic E-state index is 11.5. The maximum Gasteiger partial charge on any atom is 0.513 e. The smallest absolute Gasteiger partial charge is 0.432 e. The minimum atomic E-state index is -0.972. The number of carbonyl (C=O) groups is 2. The minimum absolute atomic E-state index is 0.0622. The molecule has 0 fully saturated rings. The van der Waals surface area contributed by atoms with Crippen molar-refractivity contribution in [1.29, 1.82) is 0 Å². The molecular weight excluding hydrogens is 420 g/mol. The van der Waals surface area contributed by atoms with Gasteiger partial charge in [0.1, 0.15) is 25.8 Å². The van der Waals surface area contributed by atoms with Gasteiger partial charge in [0.15, 0.2) is 5.75 Å². The Bertz CT molecular complexity index is 841. The molecule has 0 bridgehead atoms. The third kappa shape index (κ3) is 9.78. The Balaban J connectivity index is 0.00000233. The second kappa shape index (κ2) is 14.0. The number of non-ortho nitro benzene ring substituents is 2. The topological polar surface area (TPSA) is 167 Å². The van der Waals surface area contributed by atoms with Gasteiger partial charge in [-0.25, -0.2) is 4.79 Å². The van der Waals surface area contributed by atoms with Crippen molar-refractivity contribution in [3.63, 3.8) is 0 Å². The molecule has 0 aliphatic carbocycles. The van der Waals surface area contributed by atoms with Gasteiger partial charge in [0.25, 0.3) is 11.4 Å². The highest BCUT2D eigenvalue weighted by Crippen LogP contribution is 2.18. The van der Waals surface area contributed by atoms with E-state index in [-0.39, 0.29) is 43.6 Å². The number of hydrogen-bond acceptors (Lipinski definition) is 11. The molecule has 13 nitrogen and oxygen atoms in total. The third-order valence-electron chi connectivity index (χ3n) is 3.21. The number of rotatable bonds is 11. The molecule has 31 heavy (non-hydrogen) atoms. The van der Waals surface area contributed by atoms with Crippen LogP contribution in [0.3, 0.4) is 0 Å². The number of nitrogens with zero attached hydrogens (tertiary/aromatic N) is 2. The lowest BCUT2D eigenvalue weighted by Crippen LogP contribution is -2.16. The Morgan fingerprint density at radius 3 is 1.77 bits per heavy atom. The summed E-state index contributed by atoms with van der Waals surface area (Å²) in [5, 5.41) is 21.1. The fraction of sp³-hybridized carbons (Fsp3) is 0.222.